The molecule has 5 nitrogen and oxygen atoms in total. The van der Waals surface area contributed by atoms with Crippen molar-refractivity contribution in [1.29, 1.82) is 0 Å². The molecule has 1 saturated heterocycles. The van der Waals surface area contributed by atoms with E-state index in [0.29, 0.717) is 30.1 Å². The van der Waals surface area contributed by atoms with Crippen molar-refractivity contribution in [2.75, 3.05) is 20.2 Å². The number of carbonyl (C=O) groups excluding carboxylic acids is 2. The second-order valence-electron chi connectivity index (χ2n) is 8.66. The lowest BCUT2D eigenvalue weighted by atomic mass is 9.60. The van der Waals surface area contributed by atoms with Gasteiger partial charge in [0, 0.05) is 35.8 Å². The standard InChI is InChI=1S/C22H25BrN2O3/c1-4-14-9-15(11-16(23)10-14)19(26)24-21(2)12-25(13-21)20(27)22-7-5-17(22)18(28-3)6-8-22/h1,9-11,17-18H,5-8,12-13H2,2-3H3,(H,24,26)/t17-,18+,22-/m0/s1. The summed E-state index contributed by atoms with van der Waals surface area (Å²) >= 11 is 3.39. The molecule has 4 rings (SSSR count). The lowest BCUT2D eigenvalue weighted by molar-refractivity contribution is -0.163. The molecule has 2 saturated carbocycles. The molecule has 2 aliphatic carbocycles. The average Bonchev–Trinajstić information content (AvgIpc) is 2.88. The minimum absolute atomic E-state index is 0.174. The Morgan fingerprint density at radius 2 is 2.00 bits per heavy atom. The molecule has 0 spiro atoms. The van der Waals surface area contributed by atoms with Gasteiger partial charge in [-0.05, 0) is 56.7 Å². The van der Waals surface area contributed by atoms with Gasteiger partial charge in [-0.3, -0.25) is 9.59 Å². The number of nitrogens with zero attached hydrogens (tertiary/aromatic N) is 1. The van der Waals surface area contributed by atoms with Gasteiger partial charge in [0.05, 0.1) is 17.1 Å². The first-order chi connectivity index (χ1) is 13.3. The summed E-state index contributed by atoms with van der Waals surface area (Å²) in [5.74, 6) is 2.98. The third kappa shape index (κ3) is 3.05. The third-order valence-corrected chi connectivity index (χ3v) is 7.23. The Labute approximate surface area is 174 Å². The number of methoxy groups -OCH3 is 1. The molecule has 6 heteroatoms. The van der Waals surface area contributed by atoms with Gasteiger partial charge in [-0.2, -0.15) is 0 Å². The molecule has 3 aliphatic rings. The van der Waals surface area contributed by atoms with Gasteiger partial charge < -0.3 is 15.0 Å². The number of terminal acetylenes is 1. The lowest BCUT2D eigenvalue weighted by Crippen LogP contribution is -2.72. The highest BCUT2D eigenvalue weighted by Gasteiger charge is 2.62. The molecule has 0 unspecified atom stereocenters. The van der Waals surface area contributed by atoms with Crippen LogP contribution in [0.1, 0.15) is 48.5 Å². The zero-order valence-electron chi connectivity index (χ0n) is 16.3. The summed E-state index contributed by atoms with van der Waals surface area (Å²) in [5, 5.41) is 3.08. The van der Waals surface area contributed by atoms with E-state index >= 15 is 0 Å². The van der Waals surface area contributed by atoms with E-state index in [1.165, 1.54) is 0 Å². The maximum atomic E-state index is 13.2. The molecule has 2 amide bonds. The Hall–Kier alpha value is -1.84. The number of amides is 2. The van der Waals surface area contributed by atoms with E-state index in [0.717, 1.165) is 30.2 Å². The molecule has 1 heterocycles. The average molecular weight is 445 g/mol. The van der Waals surface area contributed by atoms with Crippen molar-refractivity contribution in [2.24, 2.45) is 11.3 Å². The number of benzene rings is 1. The zero-order chi connectivity index (χ0) is 20.1. The SMILES string of the molecule is C#Cc1cc(Br)cc(C(=O)NC2(C)CN(C(=O)[C@@]34CC[C@@H](OC)[C@@H]3CC4)C2)c1. The van der Waals surface area contributed by atoms with E-state index in [1.807, 2.05) is 11.8 Å². The van der Waals surface area contributed by atoms with Crippen molar-refractivity contribution in [3.05, 3.63) is 33.8 Å². The second-order valence-corrected chi connectivity index (χ2v) is 9.58. The van der Waals surface area contributed by atoms with Gasteiger partial charge in [0.1, 0.15) is 0 Å². The molecular weight excluding hydrogens is 420 g/mol. The molecule has 1 aliphatic heterocycles. The highest BCUT2D eigenvalue weighted by Crippen LogP contribution is 2.59. The van der Waals surface area contributed by atoms with Crippen LogP contribution in [0.3, 0.4) is 0 Å². The second kappa shape index (κ2) is 6.89. The monoisotopic (exact) mass is 444 g/mol. The molecule has 3 fully saturated rings. The largest absolute Gasteiger partial charge is 0.381 e. The minimum atomic E-state index is -0.416. The fraction of sp³-hybridized carbons (Fsp3) is 0.545. The van der Waals surface area contributed by atoms with E-state index in [2.05, 4.69) is 27.2 Å². The van der Waals surface area contributed by atoms with Gasteiger partial charge in [0.2, 0.25) is 5.91 Å². The molecule has 0 aromatic heterocycles. The number of hydrogen-bond donors (Lipinski definition) is 1. The van der Waals surface area contributed by atoms with Gasteiger partial charge in [-0.1, -0.05) is 21.9 Å². The Balaban J connectivity index is 1.39. The quantitative estimate of drug-likeness (QED) is 0.726. The van der Waals surface area contributed by atoms with Crippen molar-refractivity contribution >= 4 is 27.7 Å². The van der Waals surface area contributed by atoms with Crippen LogP contribution in [0.4, 0.5) is 0 Å². The summed E-state index contributed by atoms with van der Waals surface area (Å²) in [6, 6.07) is 5.25. The Bertz CT molecular complexity index is 871. The molecule has 0 bridgehead atoms. The maximum Gasteiger partial charge on any atom is 0.251 e. The first kappa shape index (κ1) is 19.5. The highest BCUT2D eigenvalue weighted by molar-refractivity contribution is 9.10. The Morgan fingerprint density at radius 3 is 2.61 bits per heavy atom. The molecule has 28 heavy (non-hydrogen) atoms. The van der Waals surface area contributed by atoms with Crippen LogP contribution in [0.2, 0.25) is 0 Å². The van der Waals surface area contributed by atoms with Crippen molar-refractivity contribution in [1.82, 2.24) is 10.2 Å². The van der Waals surface area contributed by atoms with Gasteiger partial charge in [0.15, 0.2) is 0 Å². The Kier molecular flexibility index (Phi) is 4.79. The topological polar surface area (TPSA) is 58.6 Å². The highest BCUT2D eigenvalue weighted by atomic mass is 79.9. The number of halogens is 1. The zero-order valence-corrected chi connectivity index (χ0v) is 17.8. The fourth-order valence-electron chi connectivity index (χ4n) is 5.25. The summed E-state index contributed by atoms with van der Waals surface area (Å²) < 4.78 is 6.35. The van der Waals surface area contributed by atoms with Crippen LogP contribution in [0, 0.1) is 23.7 Å². The smallest absolute Gasteiger partial charge is 0.251 e. The third-order valence-electron chi connectivity index (χ3n) is 6.77. The first-order valence-electron chi connectivity index (χ1n) is 9.72. The molecule has 1 aromatic rings. The van der Waals surface area contributed by atoms with Crippen LogP contribution in [0.5, 0.6) is 0 Å². The number of rotatable bonds is 4. The molecule has 3 atom stereocenters. The van der Waals surface area contributed by atoms with Gasteiger partial charge in [-0.25, -0.2) is 0 Å². The molecule has 1 aromatic carbocycles. The summed E-state index contributed by atoms with van der Waals surface area (Å²) in [4.78, 5) is 27.8. The summed E-state index contributed by atoms with van der Waals surface area (Å²) in [7, 11) is 1.74. The van der Waals surface area contributed by atoms with Crippen LogP contribution in [-0.2, 0) is 9.53 Å². The Morgan fingerprint density at radius 1 is 1.29 bits per heavy atom. The van der Waals surface area contributed by atoms with Crippen LogP contribution in [0.15, 0.2) is 22.7 Å². The van der Waals surface area contributed by atoms with E-state index < -0.39 is 5.54 Å². The maximum absolute atomic E-state index is 13.2. The van der Waals surface area contributed by atoms with Crippen molar-refractivity contribution in [3.8, 4) is 12.3 Å². The fourth-order valence-corrected chi connectivity index (χ4v) is 5.74. The van der Waals surface area contributed by atoms with Crippen LogP contribution in [0.25, 0.3) is 0 Å². The van der Waals surface area contributed by atoms with E-state index in [9.17, 15) is 9.59 Å². The van der Waals surface area contributed by atoms with Crippen molar-refractivity contribution < 1.29 is 14.3 Å². The predicted octanol–water partition coefficient (Wildman–Crippen LogP) is 2.97. The number of ether oxygens (including phenoxy) is 1. The molecule has 1 N–H and O–H groups in total. The van der Waals surface area contributed by atoms with Crippen LogP contribution >= 0.6 is 15.9 Å². The molecule has 0 radical (unpaired) electrons. The van der Waals surface area contributed by atoms with Gasteiger partial charge in [-0.15, -0.1) is 6.42 Å². The number of nitrogens with one attached hydrogen (secondary N) is 1. The summed E-state index contributed by atoms with van der Waals surface area (Å²) in [6.45, 7) is 3.07. The first-order valence-corrected chi connectivity index (χ1v) is 10.5. The number of fused-ring (bicyclic) bond motifs is 1. The molecule has 148 valence electrons. The summed E-state index contributed by atoms with van der Waals surface area (Å²) in [5.41, 5.74) is 0.530. The summed E-state index contributed by atoms with van der Waals surface area (Å²) in [6.07, 6.45) is 9.59. The van der Waals surface area contributed by atoms with Crippen molar-refractivity contribution in [2.45, 2.75) is 44.2 Å². The van der Waals surface area contributed by atoms with Gasteiger partial charge in [0.25, 0.3) is 5.91 Å². The molecular formula is C22H25BrN2O3. The minimum Gasteiger partial charge on any atom is -0.381 e. The van der Waals surface area contributed by atoms with Crippen LogP contribution in [-0.4, -0.2) is 48.6 Å². The normalized spacial score (nSPS) is 29.9. The number of carbonyl (C=O) groups is 2. The number of likely N-dealkylation sites (tertiary alicyclic amines) is 1. The van der Waals surface area contributed by atoms with Gasteiger partial charge >= 0.3 is 0 Å². The lowest BCUT2D eigenvalue weighted by Gasteiger charge is -2.54. The number of hydrogen-bond acceptors (Lipinski definition) is 3. The van der Waals surface area contributed by atoms with E-state index in [4.69, 9.17) is 11.2 Å². The van der Waals surface area contributed by atoms with E-state index in [-0.39, 0.29) is 23.3 Å². The van der Waals surface area contributed by atoms with E-state index in [1.54, 1.807) is 25.3 Å². The van der Waals surface area contributed by atoms with Crippen LogP contribution < -0.4 is 5.32 Å². The predicted molar refractivity (Wildman–Crippen MR) is 110 cm³/mol. The van der Waals surface area contributed by atoms with Crippen molar-refractivity contribution in [3.63, 3.8) is 0 Å².